The largest absolute Gasteiger partial charge is 0.383 e. The molecule has 0 radical (unpaired) electrons. The molecule has 0 saturated heterocycles. The van der Waals surface area contributed by atoms with Crippen LogP contribution in [0.5, 0.6) is 0 Å². The molecule has 3 rings (SSSR count). The Morgan fingerprint density at radius 3 is 2.79 bits per heavy atom. The highest BCUT2D eigenvalue weighted by Crippen LogP contribution is 2.30. The average molecular weight is 316 g/mol. The standard InChI is InChI=1S/C15H14BrN3/c1-2-10-5-3-4-6-12(10)14-15(17)19-9-11(16)7-8-13(19)18-14/h3-9H,2,17H2,1H3. The first-order valence-electron chi connectivity index (χ1n) is 6.22. The van der Waals surface area contributed by atoms with Crippen molar-refractivity contribution < 1.29 is 0 Å². The second kappa shape index (κ2) is 4.70. The molecule has 0 aliphatic heterocycles. The van der Waals surface area contributed by atoms with Gasteiger partial charge in [0.2, 0.25) is 0 Å². The minimum absolute atomic E-state index is 0.678. The van der Waals surface area contributed by atoms with Crippen LogP contribution in [-0.2, 0) is 6.42 Å². The summed E-state index contributed by atoms with van der Waals surface area (Å²) in [4.78, 5) is 4.65. The van der Waals surface area contributed by atoms with E-state index in [-0.39, 0.29) is 0 Å². The van der Waals surface area contributed by atoms with E-state index in [9.17, 15) is 0 Å². The minimum Gasteiger partial charge on any atom is -0.383 e. The molecule has 0 spiro atoms. The summed E-state index contributed by atoms with van der Waals surface area (Å²) in [7, 11) is 0. The lowest BCUT2D eigenvalue weighted by Gasteiger charge is -2.05. The number of hydrogen-bond acceptors (Lipinski definition) is 2. The lowest BCUT2D eigenvalue weighted by molar-refractivity contribution is 1.14. The van der Waals surface area contributed by atoms with Crippen LogP contribution in [0.4, 0.5) is 5.82 Å². The maximum atomic E-state index is 6.24. The number of fused-ring (bicyclic) bond motifs is 1. The molecule has 0 fully saturated rings. The van der Waals surface area contributed by atoms with Crippen LogP contribution in [0, 0.1) is 0 Å². The number of hydrogen-bond donors (Lipinski definition) is 1. The summed E-state index contributed by atoms with van der Waals surface area (Å²) in [6.07, 6.45) is 2.91. The molecule has 0 saturated carbocycles. The Labute approximate surface area is 120 Å². The fourth-order valence-electron chi connectivity index (χ4n) is 2.29. The molecule has 0 aliphatic rings. The summed E-state index contributed by atoms with van der Waals surface area (Å²) in [5.41, 5.74) is 10.3. The number of nitrogens with zero attached hydrogens (tertiary/aromatic N) is 2. The van der Waals surface area contributed by atoms with Gasteiger partial charge in [0.15, 0.2) is 0 Å². The Kier molecular flexibility index (Phi) is 3.03. The SMILES string of the molecule is CCc1ccccc1-c1nc2ccc(Br)cn2c1N. The zero-order chi connectivity index (χ0) is 13.4. The van der Waals surface area contributed by atoms with E-state index in [0.717, 1.165) is 27.8 Å². The van der Waals surface area contributed by atoms with Crippen molar-refractivity contribution >= 4 is 27.4 Å². The molecule has 0 atom stereocenters. The van der Waals surface area contributed by atoms with Crippen molar-refractivity contribution in [2.24, 2.45) is 0 Å². The van der Waals surface area contributed by atoms with Gasteiger partial charge >= 0.3 is 0 Å². The lowest BCUT2D eigenvalue weighted by atomic mass is 10.0. The van der Waals surface area contributed by atoms with Crippen LogP contribution in [0.1, 0.15) is 12.5 Å². The number of aryl methyl sites for hydroxylation is 1. The Bertz CT molecular complexity index is 746. The minimum atomic E-state index is 0.678. The molecule has 0 amide bonds. The first kappa shape index (κ1) is 12.2. The van der Waals surface area contributed by atoms with Gasteiger partial charge < -0.3 is 5.73 Å². The predicted molar refractivity (Wildman–Crippen MR) is 82.1 cm³/mol. The number of nitrogens with two attached hydrogens (primary N) is 1. The third-order valence-electron chi connectivity index (χ3n) is 3.27. The van der Waals surface area contributed by atoms with Gasteiger partial charge in [0.25, 0.3) is 0 Å². The molecule has 3 nitrogen and oxygen atoms in total. The molecule has 2 heterocycles. The van der Waals surface area contributed by atoms with Gasteiger partial charge in [-0.3, -0.25) is 4.40 Å². The van der Waals surface area contributed by atoms with E-state index in [1.807, 2.05) is 34.9 Å². The zero-order valence-corrected chi connectivity index (χ0v) is 12.2. The highest BCUT2D eigenvalue weighted by atomic mass is 79.9. The fraction of sp³-hybridized carbons (Fsp3) is 0.133. The average Bonchev–Trinajstić information content (AvgIpc) is 2.76. The summed E-state index contributed by atoms with van der Waals surface area (Å²) in [5, 5.41) is 0. The molecule has 19 heavy (non-hydrogen) atoms. The second-order valence-electron chi connectivity index (χ2n) is 4.43. The highest BCUT2D eigenvalue weighted by Gasteiger charge is 2.13. The third kappa shape index (κ3) is 2.02. The maximum absolute atomic E-state index is 6.24. The molecular formula is C15H14BrN3. The highest BCUT2D eigenvalue weighted by molar-refractivity contribution is 9.10. The third-order valence-corrected chi connectivity index (χ3v) is 3.74. The van der Waals surface area contributed by atoms with E-state index in [1.165, 1.54) is 5.56 Å². The smallest absolute Gasteiger partial charge is 0.139 e. The summed E-state index contributed by atoms with van der Waals surface area (Å²) in [5.74, 6) is 0.678. The summed E-state index contributed by atoms with van der Waals surface area (Å²) in [6, 6.07) is 12.2. The molecule has 1 aromatic carbocycles. The van der Waals surface area contributed by atoms with Gasteiger partial charge in [0.05, 0.1) is 0 Å². The Balaban J connectivity index is 2.28. The molecule has 3 aromatic rings. The lowest BCUT2D eigenvalue weighted by Crippen LogP contribution is -1.95. The van der Waals surface area contributed by atoms with Crippen LogP contribution in [-0.4, -0.2) is 9.38 Å². The van der Waals surface area contributed by atoms with Gasteiger partial charge in [-0.2, -0.15) is 0 Å². The first-order valence-corrected chi connectivity index (χ1v) is 7.01. The summed E-state index contributed by atoms with van der Waals surface area (Å²) >= 11 is 3.46. The number of rotatable bonds is 2. The maximum Gasteiger partial charge on any atom is 0.139 e. The van der Waals surface area contributed by atoms with E-state index in [4.69, 9.17) is 5.73 Å². The van der Waals surface area contributed by atoms with Crippen molar-refractivity contribution in [3.8, 4) is 11.3 Å². The van der Waals surface area contributed by atoms with Gasteiger partial charge in [0, 0.05) is 16.2 Å². The molecule has 96 valence electrons. The van der Waals surface area contributed by atoms with Gasteiger partial charge in [-0.05, 0) is 40.0 Å². The molecule has 0 unspecified atom stereocenters. The molecule has 0 bridgehead atoms. The van der Waals surface area contributed by atoms with E-state index in [2.05, 4.69) is 40.0 Å². The van der Waals surface area contributed by atoms with Crippen LogP contribution >= 0.6 is 15.9 Å². The Hall–Kier alpha value is -1.81. The van der Waals surface area contributed by atoms with Crippen molar-refractivity contribution in [2.75, 3.05) is 5.73 Å². The van der Waals surface area contributed by atoms with Gasteiger partial charge in [-0.25, -0.2) is 4.98 Å². The predicted octanol–water partition coefficient (Wildman–Crippen LogP) is 3.91. The number of aromatic nitrogens is 2. The van der Waals surface area contributed by atoms with Gasteiger partial charge in [-0.15, -0.1) is 0 Å². The number of anilines is 1. The quantitative estimate of drug-likeness (QED) is 0.779. The van der Waals surface area contributed by atoms with Gasteiger partial charge in [0.1, 0.15) is 17.2 Å². The zero-order valence-electron chi connectivity index (χ0n) is 10.6. The second-order valence-corrected chi connectivity index (χ2v) is 5.35. The molecule has 2 N–H and O–H groups in total. The normalized spacial score (nSPS) is 11.1. The number of nitrogen functional groups attached to an aromatic ring is 1. The van der Waals surface area contributed by atoms with Crippen molar-refractivity contribution in [2.45, 2.75) is 13.3 Å². The van der Waals surface area contributed by atoms with Crippen molar-refractivity contribution in [3.05, 3.63) is 52.6 Å². The molecule has 0 aliphatic carbocycles. The van der Waals surface area contributed by atoms with Crippen molar-refractivity contribution in [1.82, 2.24) is 9.38 Å². The summed E-state index contributed by atoms with van der Waals surface area (Å²) < 4.78 is 2.89. The van der Waals surface area contributed by atoms with Crippen LogP contribution < -0.4 is 5.73 Å². The van der Waals surface area contributed by atoms with E-state index >= 15 is 0 Å². The van der Waals surface area contributed by atoms with Crippen LogP contribution in [0.25, 0.3) is 16.9 Å². The van der Waals surface area contributed by atoms with Crippen LogP contribution in [0.15, 0.2) is 47.1 Å². The van der Waals surface area contributed by atoms with Crippen LogP contribution in [0.3, 0.4) is 0 Å². The van der Waals surface area contributed by atoms with Crippen molar-refractivity contribution in [1.29, 1.82) is 0 Å². The van der Waals surface area contributed by atoms with E-state index in [0.29, 0.717) is 5.82 Å². The van der Waals surface area contributed by atoms with Gasteiger partial charge in [-0.1, -0.05) is 31.2 Å². The number of imidazole rings is 1. The van der Waals surface area contributed by atoms with Crippen LogP contribution in [0.2, 0.25) is 0 Å². The first-order chi connectivity index (χ1) is 9.20. The summed E-state index contributed by atoms with van der Waals surface area (Å²) in [6.45, 7) is 2.14. The molecule has 4 heteroatoms. The monoisotopic (exact) mass is 315 g/mol. The Morgan fingerprint density at radius 2 is 2.00 bits per heavy atom. The van der Waals surface area contributed by atoms with E-state index in [1.54, 1.807) is 0 Å². The number of pyridine rings is 1. The van der Waals surface area contributed by atoms with E-state index < -0.39 is 0 Å². The van der Waals surface area contributed by atoms with Crippen molar-refractivity contribution in [3.63, 3.8) is 0 Å². The Morgan fingerprint density at radius 1 is 1.21 bits per heavy atom. The fourth-order valence-corrected chi connectivity index (χ4v) is 2.63. The number of halogens is 1. The molecular weight excluding hydrogens is 302 g/mol. The molecule has 2 aromatic heterocycles. The number of benzene rings is 1. The topological polar surface area (TPSA) is 43.3 Å².